The lowest BCUT2D eigenvalue weighted by atomic mass is 9.98. The molecule has 3 nitrogen and oxygen atoms in total. The largest absolute Gasteiger partial charge is 0.348 e. The lowest BCUT2D eigenvalue weighted by Crippen LogP contribution is -2.42. The maximum atomic E-state index is 13.8. The van der Waals surface area contributed by atoms with Gasteiger partial charge < -0.3 is 9.47 Å². The first-order valence-corrected chi connectivity index (χ1v) is 8.96. The van der Waals surface area contributed by atoms with E-state index in [-0.39, 0.29) is 17.8 Å². The van der Waals surface area contributed by atoms with E-state index < -0.39 is 0 Å². The van der Waals surface area contributed by atoms with Gasteiger partial charge in [0.05, 0.1) is 6.04 Å². The second-order valence-electron chi connectivity index (χ2n) is 6.66. The molecule has 1 amide bonds. The van der Waals surface area contributed by atoms with Crippen LogP contribution in [0.25, 0.3) is 0 Å². The van der Waals surface area contributed by atoms with E-state index >= 15 is 0 Å². The van der Waals surface area contributed by atoms with E-state index in [0.29, 0.717) is 19.4 Å². The number of nitrogens with zero attached hydrogens (tertiary/aromatic N) is 2. The summed E-state index contributed by atoms with van der Waals surface area (Å²) in [5, 5.41) is 0. The highest BCUT2D eigenvalue weighted by Crippen LogP contribution is 2.33. The SMILES string of the molecule is O=C(CCc1ccccc1)N1CCn2cccc2C1c1cccc(F)c1. The van der Waals surface area contributed by atoms with E-state index in [1.165, 1.54) is 12.1 Å². The number of fused-ring (bicyclic) bond motifs is 1. The Labute approximate surface area is 152 Å². The van der Waals surface area contributed by atoms with E-state index in [2.05, 4.69) is 4.57 Å². The van der Waals surface area contributed by atoms with E-state index in [9.17, 15) is 9.18 Å². The third kappa shape index (κ3) is 3.27. The van der Waals surface area contributed by atoms with E-state index in [1.54, 1.807) is 6.07 Å². The van der Waals surface area contributed by atoms with Crippen molar-refractivity contribution in [3.05, 3.63) is 95.6 Å². The molecule has 0 saturated carbocycles. The van der Waals surface area contributed by atoms with Crippen LogP contribution >= 0.6 is 0 Å². The Balaban J connectivity index is 1.60. The highest BCUT2D eigenvalue weighted by atomic mass is 19.1. The van der Waals surface area contributed by atoms with E-state index in [0.717, 1.165) is 23.4 Å². The quantitative estimate of drug-likeness (QED) is 0.694. The fourth-order valence-electron chi connectivity index (χ4n) is 3.72. The predicted octanol–water partition coefficient (Wildman–Crippen LogP) is 4.19. The molecule has 1 aliphatic heterocycles. The van der Waals surface area contributed by atoms with Crippen LogP contribution in [0.1, 0.15) is 29.3 Å². The molecule has 0 N–H and O–H groups in total. The van der Waals surface area contributed by atoms with Crippen molar-refractivity contribution in [1.29, 1.82) is 0 Å². The first-order valence-electron chi connectivity index (χ1n) is 8.96. The number of halogens is 1. The Hall–Kier alpha value is -2.88. The molecule has 26 heavy (non-hydrogen) atoms. The minimum atomic E-state index is -0.275. The minimum absolute atomic E-state index is 0.107. The van der Waals surface area contributed by atoms with Gasteiger partial charge in [0.15, 0.2) is 0 Å². The highest BCUT2D eigenvalue weighted by Gasteiger charge is 2.31. The number of rotatable bonds is 4. The summed E-state index contributed by atoms with van der Waals surface area (Å²) in [5.41, 5.74) is 3.01. The molecule has 4 heteroatoms. The molecule has 0 spiro atoms. The second-order valence-corrected chi connectivity index (χ2v) is 6.66. The number of carbonyl (C=O) groups is 1. The predicted molar refractivity (Wildman–Crippen MR) is 99.2 cm³/mol. The highest BCUT2D eigenvalue weighted by molar-refractivity contribution is 5.77. The van der Waals surface area contributed by atoms with Gasteiger partial charge in [0.2, 0.25) is 5.91 Å². The molecular weight excluding hydrogens is 327 g/mol. The van der Waals surface area contributed by atoms with Crippen LogP contribution in [0.5, 0.6) is 0 Å². The average molecular weight is 348 g/mol. The third-order valence-corrected chi connectivity index (χ3v) is 4.99. The molecule has 0 saturated heterocycles. The Bertz CT molecular complexity index is 903. The molecule has 1 atom stereocenters. The van der Waals surface area contributed by atoms with Crippen molar-refractivity contribution >= 4 is 5.91 Å². The molecule has 132 valence electrons. The number of hydrogen-bond donors (Lipinski definition) is 0. The van der Waals surface area contributed by atoms with Gasteiger partial charge >= 0.3 is 0 Å². The van der Waals surface area contributed by atoms with Crippen molar-refractivity contribution in [3.63, 3.8) is 0 Å². The second kappa shape index (κ2) is 7.16. The van der Waals surface area contributed by atoms with Crippen LogP contribution in [0.3, 0.4) is 0 Å². The van der Waals surface area contributed by atoms with Crippen molar-refractivity contribution < 1.29 is 9.18 Å². The molecular formula is C22H21FN2O. The van der Waals surface area contributed by atoms with Crippen LogP contribution < -0.4 is 0 Å². The molecule has 4 rings (SSSR count). The molecule has 2 aromatic carbocycles. The van der Waals surface area contributed by atoms with Gasteiger partial charge in [-0.1, -0.05) is 42.5 Å². The number of carbonyl (C=O) groups excluding carboxylic acids is 1. The third-order valence-electron chi connectivity index (χ3n) is 4.99. The zero-order valence-corrected chi connectivity index (χ0v) is 14.5. The van der Waals surface area contributed by atoms with Gasteiger partial charge in [0.25, 0.3) is 0 Å². The smallest absolute Gasteiger partial charge is 0.223 e. The molecule has 0 aliphatic carbocycles. The average Bonchev–Trinajstić information content (AvgIpc) is 3.15. The number of amides is 1. The maximum Gasteiger partial charge on any atom is 0.223 e. The van der Waals surface area contributed by atoms with Crippen LogP contribution in [-0.4, -0.2) is 21.9 Å². The van der Waals surface area contributed by atoms with Crippen molar-refractivity contribution in [2.45, 2.75) is 25.4 Å². The summed E-state index contributed by atoms with van der Waals surface area (Å²) < 4.78 is 16.0. The standard InChI is InChI=1S/C22H21FN2O/c23-19-9-4-8-18(16-19)22-20-10-5-13-24(20)14-15-25(22)21(26)12-11-17-6-2-1-3-7-17/h1-10,13,16,22H,11-12,14-15H2. The summed E-state index contributed by atoms with van der Waals surface area (Å²) in [6.07, 6.45) is 3.19. The molecule has 0 bridgehead atoms. The van der Waals surface area contributed by atoms with Gasteiger partial charge in [0, 0.05) is 31.4 Å². The van der Waals surface area contributed by atoms with Crippen LogP contribution in [0, 0.1) is 5.82 Å². The van der Waals surface area contributed by atoms with Gasteiger partial charge in [-0.15, -0.1) is 0 Å². The molecule has 1 unspecified atom stereocenters. The fraction of sp³-hybridized carbons (Fsp3) is 0.227. The van der Waals surface area contributed by atoms with Crippen molar-refractivity contribution in [3.8, 4) is 0 Å². The van der Waals surface area contributed by atoms with Crippen molar-refractivity contribution in [2.24, 2.45) is 0 Å². The summed E-state index contributed by atoms with van der Waals surface area (Å²) in [6.45, 7) is 1.40. The molecule has 0 radical (unpaired) electrons. The van der Waals surface area contributed by atoms with Crippen LogP contribution in [0.2, 0.25) is 0 Å². The summed E-state index contributed by atoms with van der Waals surface area (Å²) in [4.78, 5) is 14.9. The maximum absolute atomic E-state index is 13.8. The van der Waals surface area contributed by atoms with Crippen molar-refractivity contribution in [2.75, 3.05) is 6.54 Å². The van der Waals surface area contributed by atoms with Gasteiger partial charge in [0.1, 0.15) is 5.82 Å². The Morgan fingerprint density at radius 3 is 2.65 bits per heavy atom. The summed E-state index contributed by atoms with van der Waals surface area (Å²) >= 11 is 0. The van der Waals surface area contributed by atoms with Gasteiger partial charge in [-0.2, -0.15) is 0 Å². The minimum Gasteiger partial charge on any atom is -0.348 e. The van der Waals surface area contributed by atoms with E-state index in [1.807, 2.05) is 59.6 Å². The van der Waals surface area contributed by atoms with Gasteiger partial charge in [-0.3, -0.25) is 4.79 Å². The van der Waals surface area contributed by atoms with E-state index in [4.69, 9.17) is 0 Å². The monoisotopic (exact) mass is 348 g/mol. The number of aromatic nitrogens is 1. The first-order chi connectivity index (χ1) is 12.7. The van der Waals surface area contributed by atoms with Crippen LogP contribution in [0.15, 0.2) is 72.9 Å². The lowest BCUT2D eigenvalue weighted by molar-refractivity contribution is -0.133. The Kier molecular flexibility index (Phi) is 4.57. The normalized spacial score (nSPS) is 16.3. The molecule has 1 aromatic heterocycles. The summed E-state index contributed by atoms with van der Waals surface area (Å²) in [6, 6.07) is 20.4. The van der Waals surface area contributed by atoms with Crippen molar-refractivity contribution in [1.82, 2.24) is 9.47 Å². The molecule has 3 aromatic rings. The Morgan fingerprint density at radius 1 is 1.00 bits per heavy atom. The zero-order chi connectivity index (χ0) is 17.9. The number of benzene rings is 2. The fourth-order valence-corrected chi connectivity index (χ4v) is 3.72. The summed E-state index contributed by atoms with van der Waals surface area (Å²) in [7, 11) is 0. The molecule has 0 fully saturated rings. The summed E-state index contributed by atoms with van der Waals surface area (Å²) in [5.74, 6) is -0.168. The van der Waals surface area contributed by atoms with Crippen LogP contribution in [-0.2, 0) is 17.8 Å². The molecule has 2 heterocycles. The lowest BCUT2D eigenvalue weighted by Gasteiger charge is -2.37. The topological polar surface area (TPSA) is 25.2 Å². The molecule has 1 aliphatic rings. The van der Waals surface area contributed by atoms with Crippen LogP contribution in [0.4, 0.5) is 4.39 Å². The first kappa shape index (κ1) is 16.6. The van der Waals surface area contributed by atoms with Gasteiger partial charge in [-0.05, 0) is 41.8 Å². The Morgan fingerprint density at radius 2 is 1.85 bits per heavy atom. The van der Waals surface area contributed by atoms with Gasteiger partial charge in [-0.25, -0.2) is 4.39 Å². The number of hydrogen-bond acceptors (Lipinski definition) is 1. The zero-order valence-electron chi connectivity index (χ0n) is 14.5. The number of aryl methyl sites for hydroxylation is 1.